The third-order valence-electron chi connectivity index (χ3n) is 2.23. The standard InChI is InChI=1S/C13H17Br/c1-10(2)13-6-4-12(5-7-13)8-11(3)9-14/h4-8,10H,9H2,1-3H3/b11-8-. The Labute approximate surface area is 95.2 Å². The van der Waals surface area contributed by atoms with Crippen molar-refractivity contribution in [1.29, 1.82) is 0 Å². The van der Waals surface area contributed by atoms with Gasteiger partial charge in [0.15, 0.2) is 0 Å². The Bertz CT molecular complexity index is 307. The van der Waals surface area contributed by atoms with Crippen LogP contribution < -0.4 is 0 Å². The summed E-state index contributed by atoms with van der Waals surface area (Å²) in [5, 5.41) is 0.943. The average Bonchev–Trinajstić information content (AvgIpc) is 2.18. The first-order valence-electron chi connectivity index (χ1n) is 4.96. The fraction of sp³-hybridized carbons (Fsp3) is 0.385. The van der Waals surface area contributed by atoms with E-state index in [2.05, 4.69) is 67.0 Å². The SMILES string of the molecule is C/C(=C/c1ccc(C(C)C)cc1)CBr. The number of hydrogen-bond donors (Lipinski definition) is 0. The Balaban J connectivity index is 2.84. The second-order valence-electron chi connectivity index (χ2n) is 3.95. The van der Waals surface area contributed by atoms with Crippen molar-refractivity contribution in [3.63, 3.8) is 0 Å². The highest BCUT2D eigenvalue weighted by Gasteiger charge is 1.97. The smallest absolute Gasteiger partial charge is 0.0242 e. The van der Waals surface area contributed by atoms with Crippen LogP contribution in [-0.2, 0) is 0 Å². The fourth-order valence-electron chi connectivity index (χ4n) is 1.30. The highest BCUT2D eigenvalue weighted by Crippen LogP contribution is 2.16. The number of hydrogen-bond acceptors (Lipinski definition) is 0. The van der Waals surface area contributed by atoms with E-state index in [1.54, 1.807) is 0 Å². The number of halogens is 1. The van der Waals surface area contributed by atoms with Gasteiger partial charge in [0.05, 0.1) is 0 Å². The lowest BCUT2D eigenvalue weighted by molar-refractivity contribution is 0.866. The summed E-state index contributed by atoms with van der Waals surface area (Å²) in [6.07, 6.45) is 2.21. The third kappa shape index (κ3) is 3.30. The van der Waals surface area contributed by atoms with Crippen molar-refractivity contribution in [2.24, 2.45) is 0 Å². The van der Waals surface area contributed by atoms with Crippen LogP contribution in [0.3, 0.4) is 0 Å². The average molecular weight is 253 g/mol. The van der Waals surface area contributed by atoms with Gasteiger partial charge in [0.2, 0.25) is 0 Å². The Morgan fingerprint density at radius 2 is 1.86 bits per heavy atom. The van der Waals surface area contributed by atoms with E-state index in [0.29, 0.717) is 5.92 Å². The molecule has 1 rings (SSSR count). The molecule has 14 heavy (non-hydrogen) atoms. The zero-order valence-corrected chi connectivity index (χ0v) is 10.6. The highest BCUT2D eigenvalue weighted by molar-refractivity contribution is 9.09. The van der Waals surface area contributed by atoms with Crippen LogP contribution in [0, 0.1) is 0 Å². The van der Waals surface area contributed by atoms with Gasteiger partial charge in [-0.1, -0.05) is 65.7 Å². The molecule has 0 aliphatic heterocycles. The van der Waals surface area contributed by atoms with Crippen LogP contribution >= 0.6 is 15.9 Å². The van der Waals surface area contributed by atoms with Crippen LogP contribution in [0.1, 0.15) is 37.8 Å². The van der Waals surface area contributed by atoms with Crippen LogP contribution in [-0.4, -0.2) is 5.33 Å². The third-order valence-corrected chi connectivity index (χ3v) is 3.11. The van der Waals surface area contributed by atoms with Crippen LogP contribution in [0.2, 0.25) is 0 Å². The molecule has 0 radical (unpaired) electrons. The van der Waals surface area contributed by atoms with Crippen LogP contribution in [0.4, 0.5) is 0 Å². The molecule has 1 heteroatoms. The molecule has 0 amide bonds. The molecule has 0 spiro atoms. The van der Waals surface area contributed by atoms with Crippen molar-refractivity contribution in [3.8, 4) is 0 Å². The highest BCUT2D eigenvalue weighted by atomic mass is 79.9. The quantitative estimate of drug-likeness (QED) is 0.690. The van der Waals surface area contributed by atoms with E-state index in [0.717, 1.165) is 5.33 Å². The van der Waals surface area contributed by atoms with E-state index in [9.17, 15) is 0 Å². The topological polar surface area (TPSA) is 0 Å². The number of allylic oxidation sites excluding steroid dienone is 1. The van der Waals surface area contributed by atoms with Gasteiger partial charge in [-0.25, -0.2) is 0 Å². The molecule has 0 aliphatic carbocycles. The number of rotatable bonds is 3. The van der Waals surface area contributed by atoms with Crippen LogP contribution in [0.5, 0.6) is 0 Å². The summed E-state index contributed by atoms with van der Waals surface area (Å²) in [6, 6.07) is 8.78. The zero-order valence-electron chi connectivity index (χ0n) is 9.05. The molecule has 0 saturated carbocycles. The second-order valence-corrected chi connectivity index (χ2v) is 4.51. The Morgan fingerprint density at radius 1 is 1.29 bits per heavy atom. The summed E-state index contributed by atoms with van der Waals surface area (Å²) in [7, 11) is 0. The van der Waals surface area contributed by atoms with Crippen LogP contribution in [0.15, 0.2) is 29.8 Å². The lowest BCUT2D eigenvalue weighted by Gasteiger charge is -2.05. The maximum Gasteiger partial charge on any atom is 0.0242 e. The minimum Gasteiger partial charge on any atom is -0.0880 e. The minimum atomic E-state index is 0.616. The maximum absolute atomic E-state index is 3.44. The summed E-state index contributed by atoms with van der Waals surface area (Å²) in [5.41, 5.74) is 4.03. The minimum absolute atomic E-state index is 0.616. The van der Waals surface area contributed by atoms with Crippen molar-refractivity contribution in [2.45, 2.75) is 26.7 Å². The summed E-state index contributed by atoms with van der Waals surface area (Å²) >= 11 is 3.44. The molecule has 0 N–H and O–H groups in total. The number of benzene rings is 1. The molecular weight excluding hydrogens is 236 g/mol. The van der Waals surface area contributed by atoms with E-state index in [4.69, 9.17) is 0 Å². The summed E-state index contributed by atoms with van der Waals surface area (Å²) in [5.74, 6) is 0.616. The second kappa shape index (κ2) is 5.35. The van der Waals surface area contributed by atoms with E-state index >= 15 is 0 Å². The molecule has 0 bridgehead atoms. The van der Waals surface area contributed by atoms with E-state index < -0.39 is 0 Å². The number of alkyl halides is 1. The molecule has 0 aromatic heterocycles. The zero-order chi connectivity index (χ0) is 10.6. The fourth-order valence-corrected chi connectivity index (χ4v) is 1.46. The molecule has 0 nitrogen and oxygen atoms in total. The summed E-state index contributed by atoms with van der Waals surface area (Å²) < 4.78 is 0. The Kier molecular flexibility index (Phi) is 4.40. The molecule has 0 aliphatic rings. The van der Waals surface area contributed by atoms with Gasteiger partial charge in [0, 0.05) is 5.33 Å². The first-order valence-corrected chi connectivity index (χ1v) is 6.08. The van der Waals surface area contributed by atoms with Crippen molar-refractivity contribution in [3.05, 3.63) is 41.0 Å². The van der Waals surface area contributed by atoms with Gasteiger partial charge < -0.3 is 0 Å². The Hall–Kier alpha value is -0.560. The monoisotopic (exact) mass is 252 g/mol. The molecule has 76 valence electrons. The predicted octanol–water partition coefficient (Wildman–Crippen LogP) is 4.61. The lowest BCUT2D eigenvalue weighted by atomic mass is 10.0. The van der Waals surface area contributed by atoms with Gasteiger partial charge in [-0.3, -0.25) is 0 Å². The normalized spacial score (nSPS) is 12.2. The van der Waals surface area contributed by atoms with Crippen molar-refractivity contribution in [1.82, 2.24) is 0 Å². The van der Waals surface area contributed by atoms with Gasteiger partial charge in [0.25, 0.3) is 0 Å². The Morgan fingerprint density at radius 3 is 2.29 bits per heavy atom. The molecule has 0 heterocycles. The van der Waals surface area contributed by atoms with Crippen molar-refractivity contribution in [2.75, 3.05) is 5.33 Å². The van der Waals surface area contributed by atoms with Crippen LogP contribution in [0.25, 0.3) is 6.08 Å². The van der Waals surface area contributed by atoms with Crippen molar-refractivity contribution < 1.29 is 0 Å². The van der Waals surface area contributed by atoms with E-state index in [-0.39, 0.29) is 0 Å². The molecular formula is C13H17Br. The van der Waals surface area contributed by atoms with Gasteiger partial charge in [-0.15, -0.1) is 0 Å². The van der Waals surface area contributed by atoms with E-state index in [1.807, 2.05) is 0 Å². The summed E-state index contributed by atoms with van der Waals surface area (Å²) in [4.78, 5) is 0. The molecule has 1 aromatic carbocycles. The van der Waals surface area contributed by atoms with Gasteiger partial charge in [0.1, 0.15) is 0 Å². The first kappa shape index (κ1) is 11.5. The molecule has 0 unspecified atom stereocenters. The summed E-state index contributed by atoms with van der Waals surface area (Å²) in [6.45, 7) is 6.56. The van der Waals surface area contributed by atoms with Gasteiger partial charge >= 0.3 is 0 Å². The first-order chi connectivity index (χ1) is 6.63. The molecule has 0 atom stereocenters. The van der Waals surface area contributed by atoms with Crippen molar-refractivity contribution >= 4 is 22.0 Å². The molecule has 0 saturated heterocycles. The van der Waals surface area contributed by atoms with Gasteiger partial charge in [-0.2, -0.15) is 0 Å². The van der Waals surface area contributed by atoms with E-state index in [1.165, 1.54) is 16.7 Å². The molecule has 0 fully saturated rings. The van der Waals surface area contributed by atoms with Gasteiger partial charge in [-0.05, 0) is 24.0 Å². The maximum atomic E-state index is 3.44. The predicted molar refractivity (Wildman–Crippen MR) is 68.0 cm³/mol. The largest absolute Gasteiger partial charge is 0.0880 e. The lowest BCUT2D eigenvalue weighted by Crippen LogP contribution is -1.86. The molecule has 1 aromatic rings.